The van der Waals surface area contributed by atoms with Crippen molar-refractivity contribution in [3.8, 4) is 0 Å². The lowest BCUT2D eigenvalue weighted by atomic mass is 9.97. The van der Waals surface area contributed by atoms with Gasteiger partial charge < -0.3 is 10.2 Å². The zero-order valence-corrected chi connectivity index (χ0v) is 10.8. The molecule has 2 heterocycles. The van der Waals surface area contributed by atoms with Crippen LogP contribution in [0.25, 0.3) is 0 Å². The molecule has 5 heteroatoms. The van der Waals surface area contributed by atoms with Crippen molar-refractivity contribution in [3.63, 3.8) is 0 Å². The Hall–Kier alpha value is -1.91. The number of amides is 2. The monoisotopic (exact) mass is 247 g/mol. The summed E-state index contributed by atoms with van der Waals surface area (Å²) in [6.45, 7) is 5.61. The van der Waals surface area contributed by atoms with Gasteiger partial charge in [-0.25, -0.2) is 0 Å². The molecule has 0 aromatic carbocycles. The highest BCUT2D eigenvalue weighted by atomic mass is 16.2. The summed E-state index contributed by atoms with van der Waals surface area (Å²) in [5.41, 5.74) is 0.132. The Balaban J connectivity index is 2.24. The molecule has 0 saturated carbocycles. The molecular formula is C13H17N3O2. The van der Waals surface area contributed by atoms with Crippen molar-refractivity contribution in [1.82, 2.24) is 15.2 Å². The summed E-state index contributed by atoms with van der Waals surface area (Å²) in [5.74, 6) is -0.180. The smallest absolute Gasteiger partial charge is 0.248 e. The van der Waals surface area contributed by atoms with Crippen LogP contribution in [0.2, 0.25) is 0 Å². The molecule has 5 nitrogen and oxygen atoms in total. The van der Waals surface area contributed by atoms with Crippen molar-refractivity contribution in [2.45, 2.75) is 38.9 Å². The third-order valence-corrected chi connectivity index (χ3v) is 3.18. The molecule has 0 spiro atoms. The van der Waals surface area contributed by atoms with Crippen molar-refractivity contribution < 1.29 is 9.59 Å². The second kappa shape index (κ2) is 4.40. The lowest BCUT2D eigenvalue weighted by molar-refractivity contribution is -0.153. The summed E-state index contributed by atoms with van der Waals surface area (Å²) < 4.78 is 0. The van der Waals surface area contributed by atoms with Gasteiger partial charge in [-0.2, -0.15) is 0 Å². The minimum absolute atomic E-state index is 0.0635. The number of nitrogens with zero attached hydrogens (tertiary/aromatic N) is 2. The Kier molecular flexibility index (Phi) is 3.07. The minimum atomic E-state index is -0.837. The molecule has 2 amide bonds. The molecule has 18 heavy (non-hydrogen) atoms. The van der Waals surface area contributed by atoms with Gasteiger partial charge >= 0.3 is 0 Å². The van der Waals surface area contributed by atoms with Gasteiger partial charge in [-0.05, 0) is 38.5 Å². The van der Waals surface area contributed by atoms with Crippen LogP contribution >= 0.6 is 0 Å². The molecular weight excluding hydrogens is 230 g/mol. The van der Waals surface area contributed by atoms with E-state index in [1.807, 2.05) is 12.1 Å². The van der Waals surface area contributed by atoms with Crippen LogP contribution in [-0.2, 0) is 16.1 Å². The molecule has 2 rings (SSSR count). The first-order valence-electron chi connectivity index (χ1n) is 5.94. The first-order valence-corrected chi connectivity index (χ1v) is 5.94. The average Bonchev–Trinajstić information content (AvgIpc) is 2.33. The van der Waals surface area contributed by atoms with Gasteiger partial charge in [0.2, 0.25) is 11.8 Å². The minimum Gasteiger partial charge on any atom is -0.340 e. The second-order valence-corrected chi connectivity index (χ2v) is 5.08. The van der Waals surface area contributed by atoms with Crippen molar-refractivity contribution in [1.29, 1.82) is 0 Å². The van der Waals surface area contributed by atoms with E-state index in [9.17, 15) is 9.59 Å². The molecule has 1 atom stereocenters. The Morgan fingerprint density at radius 2 is 1.94 bits per heavy atom. The fourth-order valence-corrected chi connectivity index (χ4v) is 2.04. The Morgan fingerprint density at radius 3 is 2.56 bits per heavy atom. The zero-order chi connectivity index (χ0) is 13.3. The molecule has 0 bridgehead atoms. The average molecular weight is 247 g/mol. The summed E-state index contributed by atoms with van der Waals surface area (Å²) >= 11 is 0. The number of carbonyl (C=O) groups excluding carboxylic acids is 2. The molecule has 1 aliphatic heterocycles. The highest BCUT2D eigenvalue weighted by molar-refractivity contribution is 5.99. The van der Waals surface area contributed by atoms with Gasteiger partial charge in [0.15, 0.2) is 0 Å². The van der Waals surface area contributed by atoms with Crippen molar-refractivity contribution in [3.05, 3.63) is 30.1 Å². The molecule has 1 unspecified atom stereocenters. The summed E-state index contributed by atoms with van der Waals surface area (Å²) in [4.78, 5) is 29.7. The molecule has 1 aromatic heterocycles. The van der Waals surface area contributed by atoms with Gasteiger partial charge in [0, 0.05) is 18.9 Å². The van der Waals surface area contributed by atoms with Gasteiger partial charge in [-0.1, -0.05) is 0 Å². The summed E-state index contributed by atoms with van der Waals surface area (Å²) in [6, 6.07) is 3.25. The summed E-state index contributed by atoms with van der Waals surface area (Å²) in [6.07, 6.45) is 3.36. The molecule has 1 fully saturated rings. The summed E-state index contributed by atoms with van der Waals surface area (Å²) in [7, 11) is 0. The molecule has 0 aliphatic carbocycles. The van der Waals surface area contributed by atoms with Gasteiger partial charge in [0.05, 0.1) is 0 Å². The topological polar surface area (TPSA) is 62.3 Å². The fraction of sp³-hybridized carbons (Fsp3) is 0.462. The van der Waals surface area contributed by atoms with Gasteiger partial charge in [-0.3, -0.25) is 14.6 Å². The molecule has 96 valence electrons. The van der Waals surface area contributed by atoms with E-state index in [0.717, 1.165) is 5.56 Å². The van der Waals surface area contributed by atoms with Gasteiger partial charge in [0.25, 0.3) is 0 Å². The first-order chi connectivity index (χ1) is 8.42. The largest absolute Gasteiger partial charge is 0.340 e. The highest BCUT2D eigenvalue weighted by Gasteiger charge is 2.43. The van der Waals surface area contributed by atoms with Crippen molar-refractivity contribution in [2.75, 3.05) is 0 Å². The van der Waals surface area contributed by atoms with Crippen LogP contribution in [0.3, 0.4) is 0 Å². The third kappa shape index (κ3) is 2.20. The number of nitrogens with one attached hydrogen (secondary N) is 1. The van der Waals surface area contributed by atoms with Crippen LogP contribution in [0, 0.1) is 0 Å². The normalized spacial score (nSPS) is 22.8. The molecule has 1 saturated heterocycles. The predicted octanol–water partition coefficient (Wildman–Crippen LogP) is 0.707. The van der Waals surface area contributed by atoms with E-state index in [2.05, 4.69) is 10.3 Å². The van der Waals surface area contributed by atoms with Crippen LogP contribution in [0.4, 0.5) is 0 Å². The SMILES string of the molecule is CC1C(=O)NC(C)(C)C(=O)N1Cc1ccncc1. The van der Waals surface area contributed by atoms with Crippen LogP contribution in [0.1, 0.15) is 26.3 Å². The number of carbonyl (C=O) groups is 2. The van der Waals surface area contributed by atoms with Crippen LogP contribution in [-0.4, -0.2) is 33.3 Å². The predicted molar refractivity (Wildman–Crippen MR) is 66.5 cm³/mol. The van der Waals surface area contributed by atoms with E-state index in [1.165, 1.54) is 0 Å². The van der Waals surface area contributed by atoms with E-state index in [-0.39, 0.29) is 11.8 Å². The number of hydrogen-bond donors (Lipinski definition) is 1. The second-order valence-electron chi connectivity index (χ2n) is 5.08. The molecule has 1 aromatic rings. The first kappa shape index (κ1) is 12.5. The summed E-state index contributed by atoms with van der Waals surface area (Å²) in [5, 5.41) is 2.73. The maximum absolute atomic E-state index is 12.3. The highest BCUT2D eigenvalue weighted by Crippen LogP contribution is 2.20. The lowest BCUT2D eigenvalue weighted by Gasteiger charge is -2.41. The third-order valence-electron chi connectivity index (χ3n) is 3.18. The number of aromatic nitrogens is 1. The number of pyridine rings is 1. The van der Waals surface area contributed by atoms with E-state index in [0.29, 0.717) is 6.54 Å². The molecule has 1 N–H and O–H groups in total. The lowest BCUT2D eigenvalue weighted by Crippen LogP contribution is -2.66. The molecule has 1 aliphatic rings. The Labute approximate surface area is 106 Å². The number of piperazine rings is 1. The van der Waals surface area contributed by atoms with Gasteiger partial charge in [0.1, 0.15) is 11.6 Å². The zero-order valence-electron chi connectivity index (χ0n) is 10.8. The van der Waals surface area contributed by atoms with E-state index < -0.39 is 11.6 Å². The maximum atomic E-state index is 12.3. The van der Waals surface area contributed by atoms with Crippen LogP contribution < -0.4 is 5.32 Å². The standard InChI is InChI=1S/C13H17N3O2/c1-9-11(17)15-13(2,3)12(18)16(9)8-10-4-6-14-7-5-10/h4-7,9H,8H2,1-3H3,(H,15,17). The maximum Gasteiger partial charge on any atom is 0.248 e. The van der Waals surface area contributed by atoms with E-state index >= 15 is 0 Å². The fourth-order valence-electron chi connectivity index (χ4n) is 2.04. The Morgan fingerprint density at radius 1 is 1.33 bits per heavy atom. The van der Waals surface area contributed by atoms with Gasteiger partial charge in [-0.15, -0.1) is 0 Å². The van der Waals surface area contributed by atoms with E-state index in [4.69, 9.17) is 0 Å². The number of hydrogen-bond acceptors (Lipinski definition) is 3. The van der Waals surface area contributed by atoms with Crippen LogP contribution in [0.5, 0.6) is 0 Å². The van der Waals surface area contributed by atoms with Crippen molar-refractivity contribution >= 4 is 11.8 Å². The molecule has 0 radical (unpaired) electrons. The van der Waals surface area contributed by atoms with Crippen LogP contribution in [0.15, 0.2) is 24.5 Å². The number of rotatable bonds is 2. The van der Waals surface area contributed by atoms with Crippen molar-refractivity contribution in [2.24, 2.45) is 0 Å². The quantitative estimate of drug-likeness (QED) is 0.837. The van der Waals surface area contributed by atoms with E-state index in [1.54, 1.807) is 38.1 Å². The Bertz CT molecular complexity index is 470.